The summed E-state index contributed by atoms with van der Waals surface area (Å²) in [5.74, 6) is -0.193. The Hall–Kier alpha value is -1.63. The van der Waals surface area contributed by atoms with Crippen LogP contribution < -0.4 is 21.1 Å². The lowest BCUT2D eigenvalue weighted by Gasteiger charge is -2.40. The standard InChI is InChI=1S/C14H15ClN4O2/c1-19-10-3-2-7(15)4-8(10)14(13(19)21)5-11(20)17-12-9(14)6-16-18-12/h2-4,9,12,16,18H,5-6H2,1H3,(H,17,20). The molecular weight excluding hydrogens is 292 g/mol. The smallest absolute Gasteiger partial charge is 0.238 e. The summed E-state index contributed by atoms with van der Waals surface area (Å²) < 4.78 is 0. The molecule has 2 amide bonds. The zero-order chi connectivity index (χ0) is 14.8. The van der Waals surface area contributed by atoms with Crippen molar-refractivity contribution >= 4 is 29.1 Å². The monoisotopic (exact) mass is 306 g/mol. The second-order valence-electron chi connectivity index (χ2n) is 5.85. The van der Waals surface area contributed by atoms with E-state index in [4.69, 9.17) is 11.6 Å². The number of likely N-dealkylation sites (N-methyl/N-ethyl adjacent to an activating group) is 1. The molecule has 6 nitrogen and oxygen atoms in total. The molecule has 3 aliphatic rings. The van der Waals surface area contributed by atoms with Crippen LogP contribution in [0.15, 0.2) is 18.2 Å². The van der Waals surface area contributed by atoms with E-state index in [0.29, 0.717) is 11.6 Å². The fourth-order valence-electron chi connectivity index (χ4n) is 3.91. The van der Waals surface area contributed by atoms with E-state index in [2.05, 4.69) is 16.2 Å². The highest BCUT2D eigenvalue weighted by Gasteiger charge is 2.61. The highest BCUT2D eigenvalue weighted by atomic mass is 35.5. The number of hydrogen-bond donors (Lipinski definition) is 3. The number of hydrogen-bond acceptors (Lipinski definition) is 4. The lowest BCUT2D eigenvalue weighted by Crippen LogP contribution is -2.61. The first kappa shape index (κ1) is 13.1. The van der Waals surface area contributed by atoms with Crippen molar-refractivity contribution in [1.29, 1.82) is 0 Å². The molecular formula is C14H15ClN4O2. The number of piperidine rings is 1. The lowest BCUT2D eigenvalue weighted by molar-refractivity contribution is -0.135. The Kier molecular flexibility index (Phi) is 2.61. The number of benzene rings is 1. The summed E-state index contributed by atoms with van der Waals surface area (Å²) in [6.45, 7) is 0.622. The summed E-state index contributed by atoms with van der Waals surface area (Å²) in [6, 6.07) is 5.45. The minimum absolute atomic E-state index is 0.0323. The van der Waals surface area contributed by atoms with Crippen molar-refractivity contribution in [3.8, 4) is 0 Å². The van der Waals surface area contributed by atoms with Crippen LogP contribution in [0.2, 0.25) is 5.02 Å². The molecule has 1 spiro atoms. The minimum Gasteiger partial charge on any atom is -0.339 e. The van der Waals surface area contributed by atoms with E-state index < -0.39 is 5.41 Å². The van der Waals surface area contributed by atoms with Gasteiger partial charge >= 0.3 is 0 Å². The lowest BCUT2D eigenvalue weighted by atomic mass is 9.65. The van der Waals surface area contributed by atoms with Crippen molar-refractivity contribution in [2.75, 3.05) is 18.5 Å². The summed E-state index contributed by atoms with van der Waals surface area (Å²) >= 11 is 6.14. The van der Waals surface area contributed by atoms with Crippen LogP contribution in [0.25, 0.3) is 0 Å². The van der Waals surface area contributed by atoms with Gasteiger partial charge in [0, 0.05) is 36.6 Å². The molecule has 1 aromatic rings. The molecule has 0 aromatic heterocycles. The second kappa shape index (κ2) is 4.19. The van der Waals surface area contributed by atoms with Gasteiger partial charge in [0.25, 0.3) is 0 Å². The third-order valence-electron chi connectivity index (χ3n) is 4.86. The minimum atomic E-state index is -0.835. The molecule has 1 aromatic carbocycles. The second-order valence-corrected chi connectivity index (χ2v) is 6.29. The van der Waals surface area contributed by atoms with Crippen LogP contribution in [0.4, 0.5) is 5.69 Å². The Morgan fingerprint density at radius 3 is 3.00 bits per heavy atom. The Morgan fingerprint density at radius 2 is 2.19 bits per heavy atom. The van der Waals surface area contributed by atoms with Gasteiger partial charge in [0.15, 0.2) is 0 Å². The molecule has 3 unspecified atom stereocenters. The molecule has 110 valence electrons. The van der Waals surface area contributed by atoms with Gasteiger partial charge in [-0.05, 0) is 23.8 Å². The average molecular weight is 307 g/mol. The zero-order valence-electron chi connectivity index (χ0n) is 11.4. The molecule has 7 heteroatoms. The van der Waals surface area contributed by atoms with Crippen molar-refractivity contribution in [2.24, 2.45) is 5.92 Å². The average Bonchev–Trinajstić information content (AvgIpc) is 2.99. The largest absolute Gasteiger partial charge is 0.339 e. The van der Waals surface area contributed by atoms with Crippen molar-refractivity contribution in [2.45, 2.75) is 18.0 Å². The van der Waals surface area contributed by atoms with Gasteiger partial charge in [0.05, 0.1) is 11.6 Å². The van der Waals surface area contributed by atoms with Crippen molar-refractivity contribution in [3.05, 3.63) is 28.8 Å². The van der Waals surface area contributed by atoms with E-state index in [-0.39, 0.29) is 30.3 Å². The number of amides is 2. The van der Waals surface area contributed by atoms with Crippen molar-refractivity contribution < 1.29 is 9.59 Å². The first-order valence-electron chi connectivity index (χ1n) is 6.90. The van der Waals surface area contributed by atoms with E-state index in [1.165, 1.54) is 0 Å². The number of hydrazine groups is 1. The molecule has 3 heterocycles. The van der Waals surface area contributed by atoms with E-state index in [9.17, 15) is 9.59 Å². The molecule has 0 radical (unpaired) electrons. The maximum atomic E-state index is 13.0. The van der Waals surface area contributed by atoms with E-state index in [1.807, 2.05) is 12.1 Å². The normalized spacial score (nSPS) is 34.1. The van der Waals surface area contributed by atoms with E-state index in [0.717, 1.165) is 11.3 Å². The predicted octanol–water partition coefficient (Wildman–Crippen LogP) is 0.124. The SMILES string of the molecule is CN1C(=O)C2(CC(=O)NC3NNCC32)c2cc(Cl)ccc21. The molecule has 4 rings (SSSR count). The molecule has 21 heavy (non-hydrogen) atoms. The van der Waals surface area contributed by atoms with Gasteiger partial charge in [0.1, 0.15) is 0 Å². The number of carbonyl (C=O) groups excluding carboxylic acids is 2. The molecule has 2 saturated heterocycles. The molecule has 3 aliphatic heterocycles. The Morgan fingerprint density at radius 1 is 1.38 bits per heavy atom. The number of anilines is 1. The summed E-state index contributed by atoms with van der Waals surface area (Å²) in [6.07, 6.45) is -0.0813. The first-order valence-corrected chi connectivity index (χ1v) is 7.28. The number of halogens is 1. The van der Waals surface area contributed by atoms with E-state index in [1.54, 1.807) is 18.0 Å². The number of nitrogens with one attached hydrogen (secondary N) is 3. The van der Waals surface area contributed by atoms with Gasteiger partial charge in [-0.3, -0.25) is 15.0 Å². The topological polar surface area (TPSA) is 73.5 Å². The Labute approximate surface area is 126 Å². The summed E-state index contributed by atoms with van der Waals surface area (Å²) in [4.78, 5) is 26.8. The van der Waals surface area contributed by atoms with Crippen LogP contribution in [-0.4, -0.2) is 31.6 Å². The number of nitrogens with zero attached hydrogens (tertiary/aromatic N) is 1. The summed E-state index contributed by atoms with van der Waals surface area (Å²) in [5.41, 5.74) is 6.95. The fourth-order valence-corrected chi connectivity index (χ4v) is 4.08. The number of fused-ring (bicyclic) bond motifs is 4. The molecule has 0 aliphatic carbocycles. The van der Waals surface area contributed by atoms with E-state index >= 15 is 0 Å². The molecule has 0 bridgehead atoms. The highest BCUT2D eigenvalue weighted by Crippen LogP contribution is 2.51. The number of rotatable bonds is 0. The van der Waals surface area contributed by atoms with Gasteiger partial charge in [-0.15, -0.1) is 0 Å². The van der Waals surface area contributed by atoms with Gasteiger partial charge in [0.2, 0.25) is 11.8 Å². The van der Waals surface area contributed by atoms with Gasteiger partial charge < -0.3 is 10.2 Å². The Balaban J connectivity index is 1.96. The van der Waals surface area contributed by atoms with Crippen LogP contribution in [0.5, 0.6) is 0 Å². The summed E-state index contributed by atoms with van der Waals surface area (Å²) in [7, 11) is 1.75. The molecule has 2 fully saturated rings. The maximum Gasteiger partial charge on any atom is 0.238 e. The molecule has 0 saturated carbocycles. The van der Waals surface area contributed by atoms with Gasteiger partial charge in [-0.1, -0.05) is 11.6 Å². The highest BCUT2D eigenvalue weighted by molar-refractivity contribution is 6.31. The third-order valence-corrected chi connectivity index (χ3v) is 5.09. The zero-order valence-corrected chi connectivity index (χ0v) is 12.2. The van der Waals surface area contributed by atoms with Crippen LogP contribution in [-0.2, 0) is 15.0 Å². The van der Waals surface area contributed by atoms with Crippen LogP contribution in [0.1, 0.15) is 12.0 Å². The Bertz CT molecular complexity index is 664. The third kappa shape index (κ3) is 1.55. The van der Waals surface area contributed by atoms with Crippen LogP contribution >= 0.6 is 11.6 Å². The number of carbonyl (C=O) groups is 2. The van der Waals surface area contributed by atoms with Crippen molar-refractivity contribution in [3.63, 3.8) is 0 Å². The maximum absolute atomic E-state index is 13.0. The first-order chi connectivity index (χ1) is 10.0. The molecule has 3 atom stereocenters. The molecule has 3 N–H and O–H groups in total. The summed E-state index contributed by atoms with van der Waals surface area (Å²) in [5, 5.41) is 3.48. The predicted molar refractivity (Wildman–Crippen MR) is 77.7 cm³/mol. The van der Waals surface area contributed by atoms with Gasteiger partial charge in [-0.25, -0.2) is 5.43 Å². The van der Waals surface area contributed by atoms with Crippen molar-refractivity contribution in [1.82, 2.24) is 16.2 Å². The quantitative estimate of drug-likeness (QED) is 0.637. The van der Waals surface area contributed by atoms with Gasteiger partial charge in [-0.2, -0.15) is 0 Å². The van der Waals surface area contributed by atoms with Crippen LogP contribution in [0.3, 0.4) is 0 Å². The van der Waals surface area contributed by atoms with Crippen LogP contribution in [0, 0.1) is 5.92 Å². The fraction of sp³-hybridized carbons (Fsp3) is 0.429.